The van der Waals surface area contributed by atoms with Crippen molar-refractivity contribution >= 4 is 0 Å². The molecule has 1 unspecified atom stereocenters. The zero-order valence-electron chi connectivity index (χ0n) is 13.0. The number of phenols is 1. The molecule has 0 heterocycles. The summed E-state index contributed by atoms with van der Waals surface area (Å²) < 4.78 is 0. The molecule has 3 N–H and O–H groups in total. The molecule has 1 aromatic carbocycles. The van der Waals surface area contributed by atoms with Crippen LogP contribution in [0.4, 0.5) is 0 Å². The summed E-state index contributed by atoms with van der Waals surface area (Å²) in [6, 6.07) is 5.38. The van der Waals surface area contributed by atoms with Crippen LogP contribution in [0.2, 0.25) is 0 Å². The maximum absolute atomic E-state index is 10.4. The highest BCUT2D eigenvalue weighted by atomic mass is 17.1. The molecule has 120 valence electrons. The fraction of sp³-hybridized carbons (Fsp3) is 0.667. The molecular formula is C18H24O4. The van der Waals surface area contributed by atoms with E-state index >= 15 is 0 Å². The maximum atomic E-state index is 10.4. The number of aryl methyl sites for hydroxylation is 1. The second-order valence-electron chi connectivity index (χ2n) is 7.67. The summed E-state index contributed by atoms with van der Waals surface area (Å²) >= 11 is 0. The molecule has 0 aromatic heterocycles. The van der Waals surface area contributed by atoms with Gasteiger partial charge in [-0.05, 0) is 79.0 Å². The lowest BCUT2D eigenvalue weighted by molar-refractivity contribution is -0.365. The Balaban J connectivity index is 1.81. The van der Waals surface area contributed by atoms with Crippen molar-refractivity contribution in [3.05, 3.63) is 29.3 Å². The van der Waals surface area contributed by atoms with E-state index in [0.717, 1.165) is 49.7 Å². The van der Waals surface area contributed by atoms with Gasteiger partial charge < -0.3 is 10.2 Å². The Hall–Kier alpha value is -1.10. The minimum Gasteiger partial charge on any atom is -0.508 e. The van der Waals surface area contributed by atoms with E-state index in [1.54, 1.807) is 12.1 Å². The zero-order valence-corrected chi connectivity index (χ0v) is 13.0. The molecule has 3 aliphatic carbocycles. The van der Waals surface area contributed by atoms with E-state index in [2.05, 4.69) is 6.92 Å². The van der Waals surface area contributed by atoms with Gasteiger partial charge in [-0.15, -0.1) is 0 Å². The summed E-state index contributed by atoms with van der Waals surface area (Å²) in [5.74, 6) is 0.873. The van der Waals surface area contributed by atoms with Crippen LogP contribution in [0.25, 0.3) is 0 Å². The fourth-order valence-electron chi connectivity index (χ4n) is 5.66. The van der Waals surface area contributed by atoms with Crippen LogP contribution in [-0.4, -0.2) is 21.6 Å². The molecule has 0 spiro atoms. The third kappa shape index (κ3) is 1.69. The van der Waals surface area contributed by atoms with Gasteiger partial charge in [0.25, 0.3) is 0 Å². The highest BCUT2D eigenvalue weighted by Crippen LogP contribution is 2.63. The van der Waals surface area contributed by atoms with Gasteiger partial charge in [0.1, 0.15) is 11.4 Å². The predicted molar refractivity (Wildman–Crippen MR) is 81.4 cm³/mol. The number of fused-ring (bicyclic) bond motifs is 5. The van der Waals surface area contributed by atoms with Crippen LogP contribution in [0.15, 0.2) is 18.2 Å². The third-order valence-corrected chi connectivity index (χ3v) is 6.91. The average molecular weight is 304 g/mol. The number of rotatable bonds is 1. The standard InChI is InChI=1S/C18H24O4/c1-17-8-9-18(22-21)13-5-3-12(19)10-11(13)2-4-15(18)14(17)6-7-16(17)20/h3,5,10,14-16,19-21H,2,4,6-9H2,1H3/t14-,15-,16-,17-,18?/m0/s1. The molecule has 4 heteroatoms. The van der Waals surface area contributed by atoms with Crippen LogP contribution in [0.3, 0.4) is 0 Å². The molecular weight excluding hydrogens is 280 g/mol. The van der Waals surface area contributed by atoms with Gasteiger partial charge in [-0.25, -0.2) is 4.89 Å². The van der Waals surface area contributed by atoms with Gasteiger partial charge in [0.05, 0.1) is 6.10 Å². The summed E-state index contributed by atoms with van der Waals surface area (Å²) in [5.41, 5.74) is 1.37. The largest absolute Gasteiger partial charge is 0.508 e. The molecule has 22 heavy (non-hydrogen) atoms. The van der Waals surface area contributed by atoms with E-state index in [0.29, 0.717) is 5.92 Å². The van der Waals surface area contributed by atoms with Gasteiger partial charge in [-0.3, -0.25) is 5.26 Å². The first-order valence-electron chi connectivity index (χ1n) is 8.34. The van der Waals surface area contributed by atoms with Crippen molar-refractivity contribution in [2.45, 2.75) is 57.2 Å². The highest BCUT2D eigenvalue weighted by molar-refractivity contribution is 5.42. The normalized spacial score (nSPS) is 43.3. The SMILES string of the molecule is C[C@]12CCC3(OO)c4ccc(O)cc4CC[C@H]3[C@@H]1CC[C@@H]2O. The number of phenolic OH excluding ortho intramolecular Hbond substituents is 1. The van der Waals surface area contributed by atoms with E-state index in [1.807, 2.05) is 6.07 Å². The minimum atomic E-state index is -0.671. The Morgan fingerprint density at radius 2 is 1.95 bits per heavy atom. The average Bonchev–Trinajstić information content (AvgIpc) is 2.82. The van der Waals surface area contributed by atoms with Crippen LogP contribution >= 0.6 is 0 Å². The van der Waals surface area contributed by atoms with Crippen molar-refractivity contribution in [3.63, 3.8) is 0 Å². The lowest BCUT2D eigenvalue weighted by Crippen LogP contribution is -2.53. The molecule has 2 saturated carbocycles. The smallest absolute Gasteiger partial charge is 0.132 e. The lowest BCUT2D eigenvalue weighted by Gasteiger charge is -2.54. The summed E-state index contributed by atoms with van der Waals surface area (Å²) in [7, 11) is 0. The summed E-state index contributed by atoms with van der Waals surface area (Å²) in [5, 5.41) is 30.0. The number of aliphatic hydroxyl groups is 1. The van der Waals surface area contributed by atoms with Crippen molar-refractivity contribution < 1.29 is 20.4 Å². The van der Waals surface area contributed by atoms with E-state index in [4.69, 9.17) is 4.89 Å². The zero-order chi connectivity index (χ0) is 15.5. The third-order valence-electron chi connectivity index (χ3n) is 6.91. The van der Waals surface area contributed by atoms with Crippen LogP contribution in [-0.2, 0) is 16.9 Å². The fourth-order valence-corrected chi connectivity index (χ4v) is 5.66. The number of benzene rings is 1. The molecule has 4 nitrogen and oxygen atoms in total. The molecule has 3 aliphatic rings. The molecule has 0 saturated heterocycles. The molecule has 0 aliphatic heterocycles. The quantitative estimate of drug-likeness (QED) is 0.550. The van der Waals surface area contributed by atoms with Gasteiger partial charge in [0, 0.05) is 0 Å². The van der Waals surface area contributed by atoms with Gasteiger partial charge in [0.15, 0.2) is 0 Å². The molecule has 0 amide bonds. The Morgan fingerprint density at radius 3 is 2.73 bits per heavy atom. The Bertz CT molecular complexity index is 601. The lowest BCUT2D eigenvalue weighted by atomic mass is 9.53. The van der Waals surface area contributed by atoms with Crippen molar-refractivity contribution in [3.8, 4) is 5.75 Å². The molecule has 4 rings (SSSR count). The molecule has 2 fully saturated rings. The molecule has 1 aromatic rings. The van der Waals surface area contributed by atoms with Crippen LogP contribution in [0.5, 0.6) is 5.75 Å². The van der Waals surface area contributed by atoms with Gasteiger partial charge >= 0.3 is 0 Å². The van der Waals surface area contributed by atoms with Crippen LogP contribution < -0.4 is 0 Å². The summed E-state index contributed by atoms with van der Waals surface area (Å²) in [4.78, 5) is 5.17. The topological polar surface area (TPSA) is 69.9 Å². The minimum absolute atomic E-state index is 0.0544. The Labute approximate surface area is 130 Å². The van der Waals surface area contributed by atoms with Gasteiger partial charge in [-0.1, -0.05) is 13.0 Å². The second kappa shape index (κ2) is 4.70. The van der Waals surface area contributed by atoms with Crippen LogP contribution in [0, 0.1) is 17.3 Å². The van der Waals surface area contributed by atoms with Crippen LogP contribution in [0.1, 0.15) is 50.2 Å². The van der Waals surface area contributed by atoms with E-state index < -0.39 is 5.60 Å². The first kappa shape index (κ1) is 14.5. The van der Waals surface area contributed by atoms with E-state index in [9.17, 15) is 15.5 Å². The van der Waals surface area contributed by atoms with E-state index in [1.165, 1.54) is 0 Å². The van der Waals surface area contributed by atoms with Gasteiger partial charge in [-0.2, -0.15) is 0 Å². The van der Waals surface area contributed by atoms with E-state index in [-0.39, 0.29) is 23.2 Å². The molecule has 0 radical (unpaired) electrons. The number of aromatic hydroxyl groups is 1. The summed E-state index contributed by atoms with van der Waals surface area (Å²) in [6.45, 7) is 2.20. The van der Waals surface area contributed by atoms with Crippen molar-refractivity contribution in [1.82, 2.24) is 0 Å². The predicted octanol–water partition coefficient (Wildman–Crippen LogP) is 3.21. The summed E-state index contributed by atoms with van der Waals surface area (Å²) in [6.07, 6.45) is 5.01. The maximum Gasteiger partial charge on any atom is 0.132 e. The Kier molecular flexibility index (Phi) is 3.09. The highest BCUT2D eigenvalue weighted by Gasteiger charge is 2.61. The monoisotopic (exact) mass is 304 g/mol. The van der Waals surface area contributed by atoms with Crippen molar-refractivity contribution in [2.75, 3.05) is 0 Å². The van der Waals surface area contributed by atoms with Crippen molar-refractivity contribution in [1.29, 1.82) is 0 Å². The Morgan fingerprint density at radius 1 is 1.14 bits per heavy atom. The van der Waals surface area contributed by atoms with Gasteiger partial charge in [0.2, 0.25) is 0 Å². The number of aliphatic hydroxyl groups excluding tert-OH is 1. The second-order valence-corrected chi connectivity index (χ2v) is 7.67. The number of hydrogen-bond donors (Lipinski definition) is 3. The molecule has 5 atom stereocenters. The van der Waals surface area contributed by atoms with Crippen molar-refractivity contribution in [2.24, 2.45) is 17.3 Å². The first-order valence-corrected chi connectivity index (χ1v) is 8.34. The first-order chi connectivity index (χ1) is 10.5. The number of hydrogen-bond acceptors (Lipinski definition) is 4. The molecule has 0 bridgehead atoms.